The summed E-state index contributed by atoms with van der Waals surface area (Å²) < 4.78 is 0. The molecule has 0 spiro atoms. The van der Waals surface area contributed by atoms with Crippen LogP contribution in [0.3, 0.4) is 0 Å². The maximum absolute atomic E-state index is 10.4. The fourth-order valence-corrected chi connectivity index (χ4v) is 2.97. The standard InChI is InChI=1S/C17H14ClN3O/c18-12-3-1-10(2-4-12)8-20-14-7-13-15-11(5-6-19-13)9-21-16(15)17(14)22/h1-4,7,9,20,22H,5-6,8H2. The minimum atomic E-state index is 0.191. The van der Waals surface area contributed by atoms with Crippen LogP contribution in [-0.2, 0) is 6.54 Å². The number of aliphatic imine (C=N–C) groups is 1. The summed E-state index contributed by atoms with van der Waals surface area (Å²) in [5.74, 6) is 0.191. The highest BCUT2D eigenvalue weighted by Crippen LogP contribution is 2.33. The third-order valence-corrected chi connectivity index (χ3v) is 4.24. The first-order valence-electron chi connectivity index (χ1n) is 7.18. The molecule has 0 aromatic heterocycles. The zero-order valence-electron chi connectivity index (χ0n) is 11.8. The van der Waals surface area contributed by atoms with Crippen molar-refractivity contribution in [2.45, 2.75) is 13.0 Å². The predicted octanol–water partition coefficient (Wildman–Crippen LogP) is 2.55. The molecular weight excluding hydrogens is 298 g/mol. The number of hydrogen-bond donors (Lipinski definition) is 2. The molecule has 0 unspecified atom stereocenters. The fourth-order valence-electron chi connectivity index (χ4n) is 2.84. The van der Waals surface area contributed by atoms with E-state index in [0.717, 1.165) is 29.1 Å². The Hall–Kier alpha value is -2.33. The van der Waals surface area contributed by atoms with Gasteiger partial charge in [-0.3, -0.25) is 9.98 Å². The molecule has 0 fully saturated rings. The largest absolute Gasteiger partial charge is 0.504 e. The van der Waals surface area contributed by atoms with Crippen LogP contribution in [0, 0.1) is 0 Å². The van der Waals surface area contributed by atoms with Gasteiger partial charge >= 0.3 is 0 Å². The van der Waals surface area contributed by atoms with Crippen molar-refractivity contribution in [1.29, 1.82) is 0 Å². The lowest BCUT2D eigenvalue weighted by Crippen LogP contribution is -2.30. The molecule has 4 nitrogen and oxygen atoms in total. The van der Waals surface area contributed by atoms with Crippen LogP contribution in [-0.4, -0.2) is 17.9 Å². The number of hydrogen-bond acceptors (Lipinski definition) is 4. The third kappa shape index (κ3) is 2.16. The molecule has 0 radical (unpaired) electrons. The highest BCUT2D eigenvalue weighted by Gasteiger charge is 2.18. The zero-order valence-corrected chi connectivity index (χ0v) is 12.6. The molecule has 2 aromatic rings. The number of benzene rings is 2. The lowest BCUT2D eigenvalue weighted by molar-refractivity contribution is 0.478. The molecule has 2 heterocycles. The van der Waals surface area contributed by atoms with E-state index in [-0.39, 0.29) is 5.75 Å². The van der Waals surface area contributed by atoms with E-state index in [9.17, 15) is 5.11 Å². The summed E-state index contributed by atoms with van der Waals surface area (Å²) in [6, 6.07) is 9.52. The summed E-state index contributed by atoms with van der Waals surface area (Å²) in [7, 11) is 0. The Morgan fingerprint density at radius 2 is 2.05 bits per heavy atom. The van der Waals surface area contributed by atoms with Crippen LogP contribution >= 0.6 is 11.6 Å². The molecule has 5 heteroatoms. The molecule has 0 amide bonds. The minimum Gasteiger partial charge on any atom is -0.504 e. The molecular formula is C17H14ClN3O. The monoisotopic (exact) mass is 311 g/mol. The molecule has 2 aliphatic heterocycles. The Kier molecular flexibility index (Phi) is 3.12. The van der Waals surface area contributed by atoms with E-state index in [4.69, 9.17) is 11.6 Å². The number of aromatic hydroxyl groups is 1. The van der Waals surface area contributed by atoms with E-state index in [1.54, 1.807) is 0 Å². The van der Waals surface area contributed by atoms with Crippen molar-refractivity contribution in [3.05, 3.63) is 51.5 Å². The Balaban J connectivity index is 1.70. The second kappa shape index (κ2) is 5.14. The number of halogens is 1. The molecule has 0 bridgehead atoms. The van der Waals surface area contributed by atoms with Gasteiger partial charge in [0.15, 0.2) is 5.75 Å². The van der Waals surface area contributed by atoms with Crippen LogP contribution in [0.15, 0.2) is 40.3 Å². The number of phenolic OH excluding ortho intramolecular Hbond substituents is 1. The SMILES string of the molecule is Oc1c(NCc2ccc(Cl)cc2)cc2c3c1N=CC=3CCN=2. The minimum absolute atomic E-state index is 0.191. The van der Waals surface area contributed by atoms with E-state index >= 15 is 0 Å². The molecule has 110 valence electrons. The maximum atomic E-state index is 10.4. The second-order valence-electron chi connectivity index (χ2n) is 5.41. The van der Waals surface area contributed by atoms with E-state index in [1.165, 1.54) is 5.57 Å². The molecule has 2 N–H and O–H groups in total. The highest BCUT2D eigenvalue weighted by atomic mass is 35.5. The van der Waals surface area contributed by atoms with Crippen molar-refractivity contribution in [2.24, 2.45) is 9.98 Å². The van der Waals surface area contributed by atoms with Crippen molar-refractivity contribution in [2.75, 3.05) is 11.9 Å². The Morgan fingerprint density at radius 3 is 2.86 bits per heavy atom. The molecule has 22 heavy (non-hydrogen) atoms. The van der Waals surface area contributed by atoms with Gasteiger partial charge in [-0.25, -0.2) is 0 Å². The number of rotatable bonds is 3. The van der Waals surface area contributed by atoms with Gasteiger partial charge in [-0.15, -0.1) is 0 Å². The summed E-state index contributed by atoms with van der Waals surface area (Å²) in [6.45, 7) is 1.37. The van der Waals surface area contributed by atoms with Crippen LogP contribution in [0.5, 0.6) is 5.75 Å². The van der Waals surface area contributed by atoms with Crippen LogP contribution in [0.4, 0.5) is 11.4 Å². The van der Waals surface area contributed by atoms with Crippen molar-refractivity contribution in [3.8, 4) is 5.75 Å². The Bertz CT molecular complexity index is 901. The molecule has 4 rings (SSSR count). The summed E-state index contributed by atoms with van der Waals surface area (Å²) in [4.78, 5) is 8.89. The normalized spacial score (nSPS) is 14.7. The molecule has 0 saturated heterocycles. The summed E-state index contributed by atoms with van der Waals surface area (Å²) in [6.07, 6.45) is 2.73. The van der Waals surface area contributed by atoms with Crippen molar-refractivity contribution in [1.82, 2.24) is 0 Å². The van der Waals surface area contributed by atoms with Crippen molar-refractivity contribution < 1.29 is 5.11 Å². The molecule has 2 aliphatic rings. The average molecular weight is 312 g/mol. The van der Waals surface area contributed by atoms with Crippen LogP contribution in [0.2, 0.25) is 5.02 Å². The number of nitrogens with one attached hydrogen (secondary N) is 1. The van der Waals surface area contributed by atoms with Crippen LogP contribution in [0.1, 0.15) is 12.0 Å². The van der Waals surface area contributed by atoms with E-state index in [2.05, 4.69) is 15.3 Å². The van der Waals surface area contributed by atoms with Crippen LogP contribution < -0.4 is 15.9 Å². The number of phenols is 1. The summed E-state index contributed by atoms with van der Waals surface area (Å²) >= 11 is 5.89. The Labute approximate surface area is 132 Å². The lowest BCUT2D eigenvalue weighted by atomic mass is 10.1. The van der Waals surface area contributed by atoms with E-state index in [1.807, 2.05) is 36.5 Å². The van der Waals surface area contributed by atoms with Gasteiger partial charge in [-0.05, 0) is 35.8 Å². The first-order valence-corrected chi connectivity index (χ1v) is 7.56. The van der Waals surface area contributed by atoms with Gasteiger partial charge in [0, 0.05) is 29.5 Å². The first-order chi connectivity index (χ1) is 10.7. The predicted molar refractivity (Wildman–Crippen MR) is 88.7 cm³/mol. The van der Waals surface area contributed by atoms with Gasteiger partial charge in [-0.1, -0.05) is 23.7 Å². The zero-order chi connectivity index (χ0) is 15.1. The van der Waals surface area contributed by atoms with Gasteiger partial charge in [0.25, 0.3) is 0 Å². The smallest absolute Gasteiger partial charge is 0.165 e. The topological polar surface area (TPSA) is 57.0 Å². The lowest BCUT2D eigenvalue weighted by Gasteiger charge is -2.12. The summed E-state index contributed by atoms with van der Waals surface area (Å²) in [5.41, 5.74) is 3.55. The van der Waals surface area contributed by atoms with Gasteiger partial charge in [0.2, 0.25) is 0 Å². The summed E-state index contributed by atoms with van der Waals surface area (Å²) in [5, 5.41) is 16.3. The quantitative estimate of drug-likeness (QED) is 0.856. The van der Waals surface area contributed by atoms with Crippen molar-refractivity contribution >= 4 is 34.8 Å². The van der Waals surface area contributed by atoms with Gasteiger partial charge in [0.05, 0.1) is 11.0 Å². The first kappa shape index (κ1) is 13.3. The number of nitrogens with zero attached hydrogens (tertiary/aromatic N) is 2. The van der Waals surface area contributed by atoms with Gasteiger partial charge in [-0.2, -0.15) is 0 Å². The van der Waals surface area contributed by atoms with Gasteiger partial charge < -0.3 is 10.4 Å². The molecule has 0 saturated carbocycles. The van der Waals surface area contributed by atoms with E-state index < -0.39 is 0 Å². The molecule has 0 aliphatic carbocycles. The molecule has 0 atom stereocenters. The van der Waals surface area contributed by atoms with Crippen molar-refractivity contribution in [3.63, 3.8) is 0 Å². The Morgan fingerprint density at radius 1 is 1.23 bits per heavy atom. The molecule has 2 aromatic carbocycles. The average Bonchev–Trinajstić information content (AvgIpc) is 2.97. The van der Waals surface area contributed by atoms with Crippen LogP contribution in [0.25, 0.3) is 5.57 Å². The maximum Gasteiger partial charge on any atom is 0.165 e. The second-order valence-corrected chi connectivity index (χ2v) is 5.85. The van der Waals surface area contributed by atoms with Gasteiger partial charge in [0.1, 0.15) is 5.69 Å². The third-order valence-electron chi connectivity index (χ3n) is 3.98. The number of anilines is 1. The van der Waals surface area contributed by atoms with E-state index in [0.29, 0.717) is 22.9 Å². The highest BCUT2D eigenvalue weighted by molar-refractivity contribution is 6.30. The fraction of sp³-hybridized carbons (Fsp3) is 0.176.